The lowest BCUT2D eigenvalue weighted by molar-refractivity contribution is 0.0376. The van der Waals surface area contributed by atoms with E-state index in [1.54, 1.807) is 11.3 Å². The van der Waals surface area contributed by atoms with Gasteiger partial charge in [-0.25, -0.2) is 0 Å². The van der Waals surface area contributed by atoms with Crippen molar-refractivity contribution in [2.75, 3.05) is 66.6 Å². The summed E-state index contributed by atoms with van der Waals surface area (Å²) in [6.45, 7) is 9.64. The third kappa shape index (κ3) is 7.32. The Balaban J connectivity index is 1.78. The molecule has 0 saturated carbocycles. The maximum Gasteiger partial charge on any atom is 0.191 e. The second-order valence-corrected chi connectivity index (χ2v) is 7.43. The van der Waals surface area contributed by atoms with Gasteiger partial charge < -0.3 is 20.3 Å². The topological polar surface area (TPSA) is 52.1 Å². The van der Waals surface area contributed by atoms with Crippen LogP contribution in [0.4, 0.5) is 0 Å². The van der Waals surface area contributed by atoms with Crippen molar-refractivity contribution in [1.82, 2.24) is 20.4 Å². The summed E-state index contributed by atoms with van der Waals surface area (Å²) in [7, 11) is 4.23. The third-order valence-electron chi connectivity index (χ3n) is 4.31. The Labute approximate surface area is 156 Å². The van der Waals surface area contributed by atoms with E-state index in [0.29, 0.717) is 6.04 Å². The van der Waals surface area contributed by atoms with E-state index in [1.807, 2.05) is 0 Å². The number of morpholine rings is 1. The molecule has 1 unspecified atom stereocenters. The Morgan fingerprint density at radius 1 is 1.36 bits per heavy atom. The number of guanidine groups is 1. The monoisotopic (exact) mass is 367 g/mol. The van der Waals surface area contributed by atoms with Crippen LogP contribution in [-0.2, 0) is 4.74 Å². The van der Waals surface area contributed by atoms with Gasteiger partial charge in [0.1, 0.15) is 0 Å². The highest BCUT2D eigenvalue weighted by Crippen LogP contribution is 2.23. The molecule has 142 valence electrons. The molecule has 2 heterocycles. The number of likely N-dealkylation sites (N-methyl/N-ethyl adjacent to an activating group) is 1. The Kier molecular flexibility index (Phi) is 9.25. The molecule has 2 N–H and O–H groups in total. The summed E-state index contributed by atoms with van der Waals surface area (Å²) in [5.41, 5.74) is 0. The van der Waals surface area contributed by atoms with Crippen LogP contribution in [0, 0.1) is 0 Å². The van der Waals surface area contributed by atoms with Crippen LogP contribution in [0.1, 0.15) is 24.3 Å². The summed E-state index contributed by atoms with van der Waals surface area (Å²) < 4.78 is 5.39. The van der Waals surface area contributed by atoms with Crippen molar-refractivity contribution < 1.29 is 4.74 Å². The van der Waals surface area contributed by atoms with Crippen molar-refractivity contribution in [3.05, 3.63) is 22.4 Å². The zero-order chi connectivity index (χ0) is 17.9. The van der Waals surface area contributed by atoms with Crippen molar-refractivity contribution in [3.63, 3.8) is 0 Å². The van der Waals surface area contributed by atoms with Crippen LogP contribution in [-0.4, -0.2) is 82.3 Å². The molecular formula is C18H33N5OS. The fourth-order valence-corrected chi connectivity index (χ4v) is 3.76. The van der Waals surface area contributed by atoms with Gasteiger partial charge in [0, 0.05) is 31.1 Å². The molecule has 1 fully saturated rings. The largest absolute Gasteiger partial charge is 0.379 e. The van der Waals surface area contributed by atoms with E-state index in [1.165, 1.54) is 4.88 Å². The fraction of sp³-hybridized carbons (Fsp3) is 0.722. The van der Waals surface area contributed by atoms with Crippen molar-refractivity contribution in [3.8, 4) is 0 Å². The van der Waals surface area contributed by atoms with Gasteiger partial charge in [-0.15, -0.1) is 11.3 Å². The van der Waals surface area contributed by atoms with Crippen LogP contribution in [0.15, 0.2) is 22.5 Å². The standard InChI is InChI=1S/C18H33N5OS/c1-4-19-18(20-8-6-9-23-10-12-24-13-11-23)21-15-16(22(2)3)17-7-5-14-25-17/h5,7,14,16H,4,6,8-13,15H2,1-3H3,(H2,19,20,21). The van der Waals surface area contributed by atoms with Crippen LogP contribution in [0.3, 0.4) is 0 Å². The van der Waals surface area contributed by atoms with E-state index < -0.39 is 0 Å². The number of hydrogen-bond donors (Lipinski definition) is 2. The van der Waals surface area contributed by atoms with Crippen molar-refractivity contribution in [2.24, 2.45) is 4.99 Å². The minimum absolute atomic E-state index is 0.323. The van der Waals surface area contributed by atoms with E-state index >= 15 is 0 Å². The number of nitrogens with zero attached hydrogens (tertiary/aromatic N) is 3. The highest BCUT2D eigenvalue weighted by Gasteiger charge is 2.15. The minimum atomic E-state index is 0.323. The molecule has 1 aliphatic rings. The van der Waals surface area contributed by atoms with Gasteiger partial charge in [0.2, 0.25) is 0 Å². The van der Waals surface area contributed by atoms with Gasteiger partial charge in [-0.3, -0.25) is 9.89 Å². The lowest BCUT2D eigenvalue weighted by Gasteiger charge is -2.26. The second kappa shape index (κ2) is 11.5. The van der Waals surface area contributed by atoms with Gasteiger partial charge in [0.25, 0.3) is 0 Å². The predicted octanol–water partition coefficient (Wildman–Crippen LogP) is 1.63. The molecule has 6 nitrogen and oxygen atoms in total. The van der Waals surface area contributed by atoms with E-state index in [4.69, 9.17) is 9.73 Å². The number of aliphatic imine (C=N–C) groups is 1. The zero-order valence-electron chi connectivity index (χ0n) is 15.8. The number of ether oxygens (including phenoxy) is 1. The maximum atomic E-state index is 5.39. The second-order valence-electron chi connectivity index (χ2n) is 6.45. The molecule has 1 aromatic heterocycles. The zero-order valence-corrected chi connectivity index (χ0v) is 16.6. The van der Waals surface area contributed by atoms with Crippen LogP contribution < -0.4 is 10.6 Å². The van der Waals surface area contributed by atoms with Gasteiger partial charge in [-0.2, -0.15) is 0 Å². The first kappa shape index (κ1) is 20.2. The fourth-order valence-electron chi connectivity index (χ4n) is 2.84. The molecule has 1 aliphatic heterocycles. The van der Waals surface area contributed by atoms with Gasteiger partial charge in [-0.05, 0) is 45.4 Å². The van der Waals surface area contributed by atoms with Gasteiger partial charge >= 0.3 is 0 Å². The molecule has 0 amide bonds. The number of hydrogen-bond acceptors (Lipinski definition) is 5. The highest BCUT2D eigenvalue weighted by atomic mass is 32.1. The van der Waals surface area contributed by atoms with Gasteiger partial charge in [-0.1, -0.05) is 6.07 Å². The van der Waals surface area contributed by atoms with Crippen LogP contribution in [0.25, 0.3) is 0 Å². The molecule has 0 radical (unpaired) electrons. The highest BCUT2D eigenvalue weighted by molar-refractivity contribution is 7.10. The van der Waals surface area contributed by atoms with Crippen LogP contribution in [0.2, 0.25) is 0 Å². The minimum Gasteiger partial charge on any atom is -0.379 e. The first-order chi connectivity index (χ1) is 12.2. The molecule has 0 spiro atoms. The van der Waals surface area contributed by atoms with Crippen molar-refractivity contribution >= 4 is 17.3 Å². The molecule has 2 rings (SSSR count). The molecule has 0 aliphatic carbocycles. The summed E-state index contributed by atoms with van der Waals surface area (Å²) in [6.07, 6.45) is 1.12. The average molecular weight is 368 g/mol. The smallest absolute Gasteiger partial charge is 0.191 e. The molecular weight excluding hydrogens is 334 g/mol. The summed E-state index contributed by atoms with van der Waals surface area (Å²) >= 11 is 1.79. The molecule has 1 atom stereocenters. The number of nitrogens with one attached hydrogen (secondary N) is 2. The van der Waals surface area contributed by atoms with Crippen molar-refractivity contribution in [1.29, 1.82) is 0 Å². The Morgan fingerprint density at radius 2 is 2.16 bits per heavy atom. The Bertz CT molecular complexity index is 486. The molecule has 7 heteroatoms. The molecule has 0 bridgehead atoms. The van der Waals surface area contributed by atoms with E-state index in [-0.39, 0.29) is 0 Å². The molecule has 25 heavy (non-hydrogen) atoms. The van der Waals surface area contributed by atoms with Crippen LogP contribution in [0.5, 0.6) is 0 Å². The lowest BCUT2D eigenvalue weighted by atomic mass is 10.2. The average Bonchev–Trinajstić information content (AvgIpc) is 3.13. The maximum absolute atomic E-state index is 5.39. The molecule has 0 aromatic carbocycles. The van der Waals surface area contributed by atoms with E-state index in [2.05, 4.69) is 59.0 Å². The normalized spacial score (nSPS) is 17.7. The Morgan fingerprint density at radius 3 is 2.80 bits per heavy atom. The first-order valence-corrected chi connectivity index (χ1v) is 10.1. The quantitative estimate of drug-likeness (QED) is 0.395. The van der Waals surface area contributed by atoms with Gasteiger partial charge in [0.05, 0.1) is 25.8 Å². The van der Waals surface area contributed by atoms with Crippen LogP contribution >= 0.6 is 11.3 Å². The SMILES string of the molecule is CCNC(=NCC(c1cccs1)N(C)C)NCCCN1CCOCC1. The van der Waals surface area contributed by atoms with E-state index in [9.17, 15) is 0 Å². The number of rotatable bonds is 9. The summed E-state index contributed by atoms with van der Waals surface area (Å²) in [6, 6.07) is 4.62. The summed E-state index contributed by atoms with van der Waals surface area (Å²) in [5, 5.41) is 8.95. The summed E-state index contributed by atoms with van der Waals surface area (Å²) in [5.74, 6) is 0.910. The third-order valence-corrected chi connectivity index (χ3v) is 5.28. The molecule has 1 saturated heterocycles. The number of thiophene rings is 1. The lowest BCUT2D eigenvalue weighted by Crippen LogP contribution is -2.41. The van der Waals surface area contributed by atoms with Gasteiger partial charge in [0.15, 0.2) is 5.96 Å². The first-order valence-electron chi connectivity index (χ1n) is 9.22. The van der Waals surface area contributed by atoms with Crippen molar-refractivity contribution in [2.45, 2.75) is 19.4 Å². The summed E-state index contributed by atoms with van der Waals surface area (Å²) in [4.78, 5) is 10.9. The predicted molar refractivity (Wildman–Crippen MR) is 107 cm³/mol. The molecule has 1 aromatic rings. The Hall–Kier alpha value is -1.15. The van der Waals surface area contributed by atoms with E-state index in [0.717, 1.165) is 64.9 Å².